The lowest BCUT2D eigenvalue weighted by Crippen LogP contribution is -2.36. The maximum Gasteiger partial charge on any atom is 0.257 e. The minimum Gasteiger partial charge on any atom is -0.483 e. The van der Waals surface area contributed by atoms with Gasteiger partial charge in [-0.1, -0.05) is 26.0 Å². The number of carbonyl (C=O) groups excluding carboxylic acids is 2. The molecule has 0 atom stereocenters. The van der Waals surface area contributed by atoms with Crippen LogP contribution in [-0.4, -0.2) is 49.9 Å². The fourth-order valence-electron chi connectivity index (χ4n) is 1.80. The number of hydrogen-bond acceptors (Lipinski definition) is 4. The minimum absolute atomic E-state index is 0.0803. The van der Waals surface area contributed by atoms with Crippen LogP contribution in [0.4, 0.5) is 0 Å². The van der Waals surface area contributed by atoms with E-state index in [9.17, 15) is 9.59 Å². The van der Waals surface area contributed by atoms with Gasteiger partial charge in [0.1, 0.15) is 5.75 Å². The largest absolute Gasteiger partial charge is 0.483 e. The normalized spacial score (nSPS) is 10.3. The molecule has 110 valence electrons. The monoisotopic (exact) mass is 278 g/mol. The summed E-state index contributed by atoms with van der Waals surface area (Å²) in [5.74, 6) is 0.249. The van der Waals surface area contributed by atoms with Gasteiger partial charge in [-0.2, -0.15) is 0 Å². The van der Waals surface area contributed by atoms with Crippen LogP contribution in [0.2, 0.25) is 0 Å². The van der Waals surface area contributed by atoms with E-state index in [1.165, 1.54) is 0 Å². The molecule has 5 nitrogen and oxygen atoms in total. The van der Waals surface area contributed by atoms with Crippen LogP contribution >= 0.6 is 0 Å². The number of likely N-dealkylation sites (N-methyl/N-ethyl adjacent to an activating group) is 1. The molecule has 0 spiro atoms. The zero-order valence-electron chi connectivity index (χ0n) is 12.1. The first-order valence-electron chi connectivity index (χ1n) is 6.87. The third-order valence-corrected chi connectivity index (χ3v) is 3.05. The number of hydrogen-bond donors (Lipinski definition) is 1. The van der Waals surface area contributed by atoms with Gasteiger partial charge in [0.05, 0.1) is 5.56 Å². The molecule has 20 heavy (non-hydrogen) atoms. The van der Waals surface area contributed by atoms with E-state index in [1.807, 2.05) is 0 Å². The predicted molar refractivity (Wildman–Crippen MR) is 78.1 cm³/mol. The van der Waals surface area contributed by atoms with E-state index in [-0.39, 0.29) is 12.5 Å². The van der Waals surface area contributed by atoms with Crippen molar-refractivity contribution in [2.24, 2.45) is 0 Å². The molecule has 1 amide bonds. The van der Waals surface area contributed by atoms with E-state index in [4.69, 9.17) is 4.74 Å². The summed E-state index contributed by atoms with van der Waals surface area (Å²) in [4.78, 5) is 24.7. The van der Waals surface area contributed by atoms with Gasteiger partial charge in [0, 0.05) is 13.1 Å². The van der Waals surface area contributed by atoms with Crippen molar-refractivity contribution >= 4 is 12.2 Å². The van der Waals surface area contributed by atoms with Crippen molar-refractivity contribution in [1.82, 2.24) is 10.2 Å². The Balaban J connectivity index is 2.31. The highest BCUT2D eigenvalue weighted by atomic mass is 16.5. The fourth-order valence-corrected chi connectivity index (χ4v) is 1.80. The summed E-state index contributed by atoms with van der Waals surface area (Å²) in [6, 6.07) is 6.84. The Hall–Kier alpha value is -1.88. The van der Waals surface area contributed by atoms with Gasteiger partial charge < -0.3 is 15.0 Å². The van der Waals surface area contributed by atoms with Gasteiger partial charge in [0.2, 0.25) is 0 Å². The fraction of sp³-hybridized carbons (Fsp3) is 0.467. The molecule has 0 aliphatic rings. The second-order valence-electron chi connectivity index (χ2n) is 4.32. The molecule has 0 heterocycles. The van der Waals surface area contributed by atoms with Crippen molar-refractivity contribution in [1.29, 1.82) is 0 Å². The molecule has 0 bridgehead atoms. The zero-order chi connectivity index (χ0) is 14.8. The SMILES string of the molecule is CCN(CC)CCNC(=O)COc1ccccc1C=O. The first kappa shape index (κ1) is 16.2. The van der Waals surface area contributed by atoms with E-state index < -0.39 is 0 Å². The molecule has 1 aromatic carbocycles. The first-order valence-corrected chi connectivity index (χ1v) is 6.87. The molecule has 1 rings (SSSR count). The summed E-state index contributed by atoms with van der Waals surface area (Å²) in [7, 11) is 0. The van der Waals surface area contributed by atoms with Gasteiger partial charge in [-0.3, -0.25) is 9.59 Å². The third-order valence-electron chi connectivity index (χ3n) is 3.05. The zero-order valence-corrected chi connectivity index (χ0v) is 12.1. The maximum atomic E-state index is 11.6. The second kappa shape index (κ2) is 9.09. The van der Waals surface area contributed by atoms with Crippen LogP contribution in [0.15, 0.2) is 24.3 Å². The molecule has 5 heteroatoms. The van der Waals surface area contributed by atoms with Crippen molar-refractivity contribution in [3.8, 4) is 5.75 Å². The molecule has 0 aromatic heterocycles. The topological polar surface area (TPSA) is 58.6 Å². The van der Waals surface area contributed by atoms with Crippen molar-refractivity contribution in [2.75, 3.05) is 32.8 Å². The Labute approximate surface area is 119 Å². The second-order valence-corrected chi connectivity index (χ2v) is 4.32. The Morgan fingerprint density at radius 1 is 1.30 bits per heavy atom. The number of carbonyl (C=O) groups is 2. The summed E-state index contributed by atoms with van der Waals surface area (Å²) in [6.45, 7) is 7.45. The molecule has 0 unspecified atom stereocenters. The highest BCUT2D eigenvalue weighted by molar-refractivity contribution is 5.80. The minimum atomic E-state index is -0.183. The highest BCUT2D eigenvalue weighted by Crippen LogP contribution is 2.15. The van der Waals surface area contributed by atoms with Crippen LogP contribution in [0, 0.1) is 0 Å². The number of ether oxygens (including phenoxy) is 1. The molecular formula is C15H22N2O3. The van der Waals surface area contributed by atoms with E-state index in [2.05, 4.69) is 24.1 Å². The lowest BCUT2D eigenvalue weighted by atomic mass is 10.2. The van der Waals surface area contributed by atoms with E-state index >= 15 is 0 Å². The Bertz CT molecular complexity index is 431. The lowest BCUT2D eigenvalue weighted by Gasteiger charge is -2.18. The molecular weight excluding hydrogens is 256 g/mol. The summed E-state index contributed by atoms with van der Waals surface area (Å²) in [5.41, 5.74) is 0.448. The molecule has 0 aliphatic heterocycles. The van der Waals surface area contributed by atoms with E-state index in [0.29, 0.717) is 24.1 Å². The third kappa shape index (κ3) is 5.40. The van der Waals surface area contributed by atoms with Crippen LogP contribution < -0.4 is 10.1 Å². The number of nitrogens with zero attached hydrogens (tertiary/aromatic N) is 1. The average molecular weight is 278 g/mol. The van der Waals surface area contributed by atoms with Crippen LogP contribution in [0.1, 0.15) is 24.2 Å². The predicted octanol–water partition coefficient (Wildman–Crippen LogP) is 1.34. The van der Waals surface area contributed by atoms with Crippen molar-refractivity contribution < 1.29 is 14.3 Å². The maximum absolute atomic E-state index is 11.6. The van der Waals surface area contributed by atoms with Gasteiger partial charge in [0.15, 0.2) is 12.9 Å². The van der Waals surface area contributed by atoms with Crippen LogP contribution in [-0.2, 0) is 4.79 Å². The average Bonchev–Trinajstić information content (AvgIpc) is 2.49. The van der Waals surface area contributed by atoms with E-state index in [0.717, 1.165) is 19.6 Å². The Kier molecular flexibility index (Phi) is 7.35. The molecule has 0 saturated heterocycles. The van der Waals surface area contributed by atoms with Gasteiger partial charge in [0.25, 0.3) is 5.91 Å². The van der Waals surface area contributed by atoms with Crippen LogP contribution in [0.25, 0.3) is 0 Å². The van der Waals surface area contributed by atoms with Crippen LogP contribution in [0.3, 0.4) is 0 Å². The van der Waals surface area contributed by atoms with Gasteiger partial charge >= 0.3 is 0 Å². The Morgan fingerprint density at radius 2 is 2.00 bits per heavy atom. The molecule has 1 N–H and O–H groups in total. The molecule has 1 aromatic rings. The first-order chi connectivity index (χ1) is 9.71. The number of rotatable bonds is 9. The van der Waals surface area contributed by atoms with Crippen molar-refractivity contribution in [2.45, 2.75) is 13.8 Å². The number of para-hydroxylation sites is 1. The summed E-state index contributed by atoms with van der Waals surface area (Å²) in [6.07, 6.45) is 0.716. The van der Waals surface area contributed by atoms with E-state index in [1.54, 1.807) is 24.3 Å². The van der Waals surface area contributed by atoms with Crippen molar-refractivity contribution in [3.63, 3.8) is 0 Å². The molecule has 0 fully saturated rings. The van der Waals surface area contributed by atoms with Gasteiger partial charge in [-0.05, 0) is 25.2 Å². The Morgan fingerprint density at radius 3 is 2.65 bits per heavy atom. The summed E-state index contributed by atoms with van der Waals surface area (Å²) < 4.78 is 5.34. The summed E-state index contributed by atoms with van der Waals surface area (Å²) in [5, 5.41) is 2.80. The number of amides is 1. The molecule has 0 radical (unpaired) electrons. The molecule has 0 saturated carbocycles. The standard InChI is InChI=1S/C15H22N2O3/c1-3-17(4-2)10-9-16-15(19)12-20-14-8-6-5-7-13(14)11-18/h5-8,11H,3-4,9-10,12H2,1-2H3,(H,16,19). The number of nitrogens with one attached hydrogen (secondary N) is 1. The van der Waals surface area contributed by atoms with Crippen molar-refractivity contribution in [3.05, 3.63) is 29.8 Å². The van der Waals surface area contributed by atoms with Crippen LogP contribution in [0.5, 0.6) is 5.75 Å². The quantitative estimate of drug-likeness (QED) is 0.692. The number of benzene rings is 1. The smallest absolute Gasteiger partial charge is 0.257 e. The summed E-state index contributed by atoms with van der Waals surface area (Å²) >= 11 is 0. The number of aldehydes is 1. The van der Waals surface area contributed by atoms with Gasteiger partial charge in [-0.15, -0.1) is 0 Å². The molecule has 0 aliphatic carbocycles. The highest BCUT2D eigenvalue weighted by Gasteiger charge is 2.06. The van der Waals surface area contributed by atoms with Gasteiger partial charge in [-0.25, -0.2) is 0 Å². The lowest BCUT2D eigenvalue weighted by molar-refractivity contribution is -0.123.